The van der Waals surface area contributed by atoms with Crippen LogP contribution in [-0.4, -0.2) is 24.7 Å². The first-order chi connectivity index (χ1) is 9.81. The van der Waals surface area contributed by atoms with Crippen molar-refractivity contribution in [3.8, 4) is 0 Å². The van der Waals surface area contributed by atoms with Crippen LogP contribution in [0.3, 0.4) is 0 Å². The van der Waals surface area contributed by atoms with Gasteiger partial charge >= 0.3 is 5.97 Å². The predicted molar refractivity (Wildman–Crippen MR) is 70.9 cm³/mol. The molecule has 2 unspecified atom stereocenters. The maximum atomic E-state index is 13.4. The molecule has 1 aliphatic rings. The fraction of sp³-hybridized carbons (Fsp3) is 0.462. The van der Waals surface area contributed by atoms with Gasteiger partial charge in [-0.15, -0.1) is 0 Å². The number of hydrogen-bond donors (Lipinski definition) is 2. The highest BCUT2D eigenvalue weighted by molar-refractivity contribution is 7.90. The van der Waals surface area contributed by atoms with Gasteiger partial charge in [-0.1, -0.05) is 12.5 Å². The minimum Gasteiger partial charge on any atom is -0.481 e. The molecule has 0 heterocycles. The summed E-state index contributed by atoms with van der Waals surface area (Å²) in [5, 5.41) is 8.00. The summed E-state index contributed by atoms with van der Waals surface area (Å²) in [4.78, 5) is 11.0. The van der Waals surface area contributed by atoms with Crippen molar-refractivity contribution < 1.29 is 27.1 Å². The molecule has 21 heavy (non-hydrogen) atoms. The molecule has 1 aromatic carbocycles. The first-order valence-electron chi connectivity index (χ1n) is 6.46. The van der Waals surface area contributed by atoms with E-state index in [1.54, 1.807) is 0 Å². The fourth-order valence-corrected chi connectivity index (χ4v) is 4.26. The number of sulfonamides is 1. The van der Waals surface area contributed by atoms with Gasteiger partial charge in [-0.05, 0) is 18.9 Å². The molecule has 1 aromatic rings. The number of nitrogens with one attached hydrogen (secondary N) is 1. The van der Waals surface area contributed by atoms with E-state index >= 15 is 0 Å². The third-order valence-electron chi connectivity index (χ3n) is 3.65. The van der Waals surface area contributed by atoms with Crippen molar-refractivity contribution in [2.24, 2.45) is 5.92 Å². The van der Waals surface area contributed by atoms with Gasteiger partial charge in [0.25, 0.3) is 0 Å². The van der Waals surface area contributed by atoms with E-state index in [0.29, 0.717) is 18.9 Å². The average Bonchev–Trinajstić information content (AvgIpc) is 2.87. The number of rotatable bonds is 5. The zero-order chi connectivity index (χ0) is 15.6. The van der Waals surface area contributed by atoms with Crippen molar-refractivity contribution in [3.05, 3.63) is 35.4 Å². The molecule has 0 saturated heterocycles. The quantitative estimate of drug-likeness (QED) is 0.864. The SMILES string of the molecule is O=C(O)C1CCCC1S(=O)(=O)NCc1ccc(F)cc1F. The van der Waals surface area contributed by atoms with Gasteiger partial charge in [0.2, 0.25) is 10.0 Å². The second-order valence-electron chi connectivity index (χ2n) is 5.02. The van der Waals surface area contributed by atoms with Crippen LogP contribution >= 0.6 is 0 Å². The third kappa shape index (κ3) is 3.56. The lowest BCUT2D eigenvalue weighted by atomic mass is 10.1. The van der Waals surface area contributed by atoms with Crippen molar-refractivity contribution in [2.45, 2.75) is 31.1 Å². The number of carbonyl (C=O) groups is 1. The van der Waals surface area contributed by atoms with Crippen LogP contribution in [0.15, 0.2) is 18.2 Å². The van der Waals surface area contributed by atoms with Crippen LogP contribution < -0.4 is 4.72 Å². The van der Waals surface area contributed by atoms with Gasteiger partial charge in [-0.25, -0.2) is 21.9 Å². The van der Waals surface area contributed by atoms with Crippen LogP contribution in [0.4, 0.5) is 8.78 Å². The van der Waals surface area contributed by atoms with Crippen molar-refractivity contribution >= 4 is 16.0 Å². The molecule has 0 bridgehead atoms. The Morgan fingerprint density at radius 1 is 1.33 bits per heavy atom. The third-order valence-corrected chi connectivity index (χ3v) is 5.56. The normalized spacial score (nSPS) is 22.4. The zero-order valence-electron chi connectivity index (χ0n) is 11.1. The molecular formula is C13H15F2NO4S. The molecule has 116 valence electrons. The second kappa shape index (κ2) is 6.07. The van der Waals surface area contributed by atoms with Crippen LogP contribution in [0.2, 0.25) is 0 Å². The molecule has 8 heteroatoms. The summed E-state index contributed by atoms with van der Waals surface area (Å²) >= 11 is 0. The van der Waals surface area contributed by atoms with E-state index in [2.05, 4.69) is 4.72 Å². The highest BCUT2D eigenvalue weighted by Crippen LogP contribution is 2.31. The smallest absolute Gasteiger partial charge is 0.307 e. The summed E-state index contributed by atoms with van der Waals surface area (Å²) in [5.74, 6) is -3.68. The number of carboxylic acid groups (broad SMARTS) is 1. The van der Waals surface area contributed by atoms with Crippen molar-refractivity contribution in [1.82, 2.24) is 4.72 Å². The van der Waals surface area contributed by atoms with Crippen molar-refractivity contribution in [3.63, 3.8) is 0 Å². The molecule has 2 rings (SSSR count). The van der Waals surface area contributed by atoms with Crippen LogP contribution in [0.1, 0.15) is 24.8 Å². The van der Waals surface area contributed by atoms with Crippen molar-refractivity contribution in [2.75, 3.05) is 0 Å². The van der Waals surface area contributed by atoms with E-state index in [1.165, 1.54) is 0 Å². The molecule has 2 N–H and O–H groups in total. The minimum absolute atomic E-state index is 0.00449. The van der Waals surface area contributed by atoms with E-state index in [-0.39, 0.29) is 18.5 Å². The van der Waals surface area contributed by atoms with E-state index < -0.39 is 38.8 Å². The topological polar surface area (TPSA) is 83.5 Å². The zero-order valence-corrected chi connectivity index (χ0v) is 11.9. The average molecular weight is 319 g/mol. The highest BCUT2D eigenvalue weighted by Gasteiger charge is 2.41. The van der Waals surface area contributed by atoms with Crippen molar-refractivity contribution in [1.29, 1.82) is 0 Å². The summed E-state index contributed by atoms with van der Waals surface area (Å²) in [6.07, 6.45) is 1.09. The Balaban J connectivity index is 2.09. The Morgan fingerprint density at radius 2 is 2.05 bits per heavy atom. The molecule has 0 radical (unpaired) electrons. The number of halogens is 2. The van der Waals surface area contributed by atoms with Gasteiger partial charge in [-0.3, -0.25) is 4.79 Å². The summed E-state index contributed by atoms with van der Waals surface area (Å²) in [6.45, 7) is -0.336. The van der Waals surface area contributed by atoms with Gasteiger partial charge in [-0.2, -0.15) is 0 Å². The maximum absolute atomic E-state index is 13.4. The molecule has 1 saturated carbocycles. The Kier molecular flexibility index (Phi) is 4.58. The second-order valence-corrected chi connectivity index (χ2v) is 7.00. The molecule has 0 spiro atoms. The lowest BCUT2D eigenvalue weighted by Crippen LogP contribution is -2.38. The van der Waals surface area contributed by atoms with E-state index in [1.807, 2.05) is 0 Å². The van der Waals surface area contributed by atoms with E-state index in [9.17, 15) is 22.0 Å². The largest absolute Gasteiger partial charge is 0.481 e. The summed E-state index contributed by atoms with van der Waals surface area (Å²) in [7, 11) is -3.87. The van der Waals surface area contributed by atoms with Crippen LogP contribution in [-0.2, 0) is 21.4 Å². The minimum atomic E-state index is -3.87. The highest BCUT2D eigenvalue weighted by atomic mass is 32.2. The summed E-state index contributed by atoms with van der Waals surface area (Å²) in [5.41, 5.74) is 0.00449. The molecular weight excluding hydrogens is 304 g/mol. The Morgan fingerprint density at radius 3 is 2.67 bits per heavy atom. The molecule has 0 aromatic heterocycles. The van der Waals surface area contributed by atoms with E-state index in [0.717, 1.165) is 12.1 Å². The van der Waals surface area contributed by atoms with Crippen LogP contribution in [0.25, 0.3) is 0 Å². The predicted octanol–water partition coefficient (Wildman–Crippen LogP) is 1.64. The monoisotopic (exact) mass is 319 g/mol. The summed E-state index contributed by atoms with van der Waals surface area (Å²) in [6, 6.07) is 2.85. The first-order valence-corrected chi connectivity index (χ1v) is 8.01. The molecule has 2 atom stereocenters. The Hall–Kier alpha value is -1.54. The lowest BCUT2D eigenvalue weighted by molar-refractivity contribution is -0.141. The number of aliphatic carboxylic acids is 1. The molecule has 1 aliphatic carbocycles. The Labute approximate surface area is 121 Å². The van der Waals surface area contributed by atoms with Crippen LogP contribution in [0, 0.1) is 17.6 Å². The van der Waals surface area contributed by atoms with Gasteiger partial charge in [0.1, 0.15) is 11.6 Å². The number of hydrogen-bond acceptors (Lipinski definition) is 3. The van der Waals surface area contributed by atoms with Crippen LogP contribution in [0.5, 0.6) is 0 Å². The molecule has 0 aliphatic heterocycles. The van der Waals surface area contributed by atoms with Gasteiger partial charge in [0.15, 0.2) is 0 Å². The van der Waals surface area contributed by atoms with Gasteiger partial charge in [0, 0.05) is 18.2 Å². The number of benzene rings is 1. The van der Waals surface area contributed by atoms with E-state index in [4.69, 9.17) is 5.11 Å². The molecule has 1 fully saturated rings. The Bertz CT molecular complexity index is 648. The molecule has 5 nitrogen and oxygen atoms in total. The van der Waals surface area contributed by atoms with Gasteiger partial charge in [0.05, 0.1) is 11.2 Å². The lowest BCUT2D eigenvalue weighted by Gasteiger charge is -2.17. The van der Waals surface area contributed by atoms with Gasteiger partial charge < -0.3 is 5.11 Å². The number of carboxylic acids is 1. The fourth-order valence-electron chi connectivity index (χ4n) is 2.53. The standard InChI is InChI=1S/C13H15F2NO4S/c14-9-5-4-8(11(15)6-9)7-16-21(19,20)12-3-1-2-10(12)13(17)18/h4-6,10,12,16H,1-3,7H2,(H,17,18). The first kappa shape index (κ1) is 15.8. The molecule has 0 amide bonds. The maximum Gasteiger partial charge on any atom is 0.307 e. The summed E-state index contributed by atoms with van der Waals surface area (Å²) < 4.78 is 52.7.